The van der Waals surface area contributed by atoms with Gasteiger partial charge in [0.15, 0.2) is 0 Å². The molecule has 0 aliphatic carbocycles. The number of hydrogen-bond acceptors (Lipinski definition) is 4. The molecule has 1 aromatic carbocycles. The summed E-state index contributed by atoms with van der Waals surface area (Å²) < 4.78 is 10.7. The molecule has 2 atom stereocenters. The lowest BCUT2D eigenvalue weighted by Gasteiger charge is -2.38. The van der Waals surface area contributed by atoms with E-state index in [1.54, 1.807) is 14.2 Å². The Balaban J connectivity index is 1.98. The zero-order chi connectivity index (χ0) is 14.2. The molecule has 1 N–H and O–H groups in total. The summed E-state index contributed by atoms with van der Waals surface area (Å²) >= 11 is 0. The Hall–Kier alpha value is -1.26. The lowest BCUT2D eigenvalue weighted by molar-refractivity contribution is -0.0154. The van der Waals surface area contributed by atoms with Crippen LogP contribution in [0.15, 0.2) is 18.2 Å². The Morgan fingerprint density at radius 1 is 1.20 bits per heavy atom. The second kappa shape index (κ2) is 5.26. The number of aliphatic hydroxyl groups is 1. The summed E-state index contributed by atoms with van der Waals surface area (Å²) in [7, 11) is 3.29. The molecule has 4 heteroatoms. The Bertz CT molecular complexity index is 491. The highest BCUT2D eigenvalue weighted by molar-refractivity contribution is 5.45. The molecule has 4 nitrogen and oxygen atoms in total. The number of rotatable bonds is 3. The van der Waals surface area contributed by atoms with Gasteiger partial charge in [-0.2, -0.15) is 0 Å². The Morgan fingerprint density at radius 2 is 2.05 bits per heavy atom. The average Bonchev–Trinajstić information content (AvgIpc) is 2.85. The first-order chi connectivity index (χ1) is 9.69. The van der Waals surface area contributed by atoms with E-state index in [0.717, 1.165) is 43.0 Å². The van der Waals surface area contributed by atoms with Crippen molar-refractivity contribution in [2.24, 2.45) is 0 Å². The maximum Gasteiger partial charge on any atom is 0.128 e. The van der Waals surface area contributed by atoms with Crippen molar-refractivity contribution in [3.63, 3.8) is 0 Å². The molecule has 2 aliphatic heterocycles. The van der Waals surface area contributed by atoms with Crippen molar-refractivity contribution < 1.29 is 14.6 Å². The molecule has 0 amide bonds. The fourth-order valence-electron chi connectivity index (χ4n) is 3.75. The first-order valence-corrected chi connectivity index (χ1v) is 7.38. The van der Waals surface area contributed by atoms with Crippen molar-refractivity contribution in [2.45, 2.75) is 37.3 Å². The van der Waals surface area contributed by atoms with Crippen LogP contribution in [0.4, 0.5) is 0 Å². The van der Waals surface area contributed by atoms with Gasteiger partial charge in [-0.1, -0.05) is 6.42 Å². The fourth-order valence-corrected chi connectivity index (χ4v) is 3.75. The normalized spacial score (nSPS) is 30.1. The third kappa shape index (κ3) is 2.07. The van der Waals surface area contributed by atoms with E-state index < -0.39 is 5.60 Å². The van der Waals surface area contributed by atoms with E-state index in [4.69, 9.17) is 9.47 Å². The number of hydrogen-bond donors (Lipinski definition) is 1. The SMILES string of the molecule is COc1ccc(C2(O)CCN3CCCCC32)c(OC)c1. The monoisotopic (exact) mass is 277 g/mol. The van der Waals surface area contributed by atoms with Crippen molar-refractivity contribution in [2.75, 3.05) is 27.3 Å². The van der Waals surface area contributed by atoms with Crippen molar-refractivity contribution >= 4 is 0 Å². The van der Waals surface area contributed by atoms with Crippen LogP contribution < -0.4 is 9.47 Å². The third-order valence-electron chi connectivity index (χ3n) is 4.82. The van der Waals surface area contributed by atoms with Crippen molar-refractivity contribution in [1.82, 2.24) is 4.90 Å². The Morgan fingerprint density at radius 3 is 2.80 bits per heavy atom. The number of ether oxygens (including phenoxy) is 2. The molecule has 0 aromatic heterocycles. The van der Waals surface area contributed by atoms with E-state index >= 15 is 0 Å². The lowest BCUT2D eigenvalue weighted by Crippen LogP contribution is -2.45. The quantitative estimate of drug-likeness (QED) is 0.919. The predicted molar refractivity (Wildman–Crippen MR) is 77.3 cm³/mol. The summed E-state index contributed by atoms with van der Waals surface area (Å²) in [4.78, 5) is 2.42. The van der Waals surface area contributed by atoms with Crippen LogP contribution in [0.1, 0.15) is 31.2 Å². The summed E-state index contributed by atoms with van der Waals surface area (Å²) in [5, 5.41) is 11.3. The van der Waals surface area contributed by atoms with Gasteiger partial charge in [-0.3, -0.25) is 4.90 Å². The van der Waals surface area contributed by atoms with Crippen molar-refractivity contribution in [3.8, 4) is 11.5 Å². The van der Waals surface area contributed by atoms with Gasteiger partial charge in [0.1, 0.15) is 17.1 Å². The standard InChI is InChI=1S/C16H23NO3/c1-19-12-6-7-13(14(11-12)20-2)16(18)8-10-17-9-4-3-5-15(16)17/h6-7,11,15,18H,3-5,8-10H2,1-2H3. The first kappa shape index (κ1) is 13.7. The molecule has 110 valence electrons. The molecule has 2 saturated heterocycles. The van der Waals surface area contributed by atoms with Gasteiger partial charge >= 0.3 is 0 Å². The van der Waals surface area contributed by atoms with Crippen LogP contribution >= 0.6 is 0 Å². The number of piperidine rings is 1. The minimum Gasteiger partial charge on any atom is -0.497 e. The zero-order valence-corrected chi connectivity index (χ0v) is 12.3. The van der Waals surface area contributed by atoms with Gasteiger partial charge in [-0.05, 0) is 37.9 Å². The highest BCUT2D eigenvalue weighted by Gasteiger charge is 2.49. The van der Waals surface area contributed by atoms with Crippen LogP contribution in [-0.2, 0) is 5.60 Å². The lowest BCUT2D eigenvalue weighted by atomic mass is 9.82. The van der Waals surface area contributed by atoms with E-state index in [-0.39, 0.29) is 6.04 Å². The highest BCUT2D eigenvalue weighted by atomic mass is 16.5. The van der Waals surface area contributed by atoms with Gasteiger partial charge in [0.2, 0.25) is 0 Å². The van der Waals surface area contributed by atoms with Gasteiger partial charge in [0, 0.05) is 24.2 Å². The Labute approximate surface area is 120 Å². The van der Waals surface area contributed by atoms with Crippen molar-refractivity contribution in [1.29, 1.82) is 0 Å². The van der Waals surface area contributed by atoms with E-state index in [1.165, 1.54) is 12.8 Å². The highest BCUT2D eigenvalue weighted by Crippen LogP contribution is 2.45. The van der Waals surface area contributed by atoms with Gasteiger partial charge in [0.05, 0.1) is 14.2 Å². The Kier molecular flexibility index (Phi) is 3.61. The van der Waals surface area contributed by atoms with Crippen LogP contribution in [0.5, 0.6) is 11.5 Å². The summed E-state index contributed by atoms with van der Waals surface area (Å²) in [6, 6.07) is 5.94. The maximum absolute atomic E-state index is 11.3. The minimum atomic E-state index is -0.794. The van der Waals surface area contributed by atoms with Crippen molar-refractivity contribution in [3.05, 3.63) is 23.8 Å². The number of nitrogens with zero attached hydrogens (tertiary/aromatic N) is 1. The molecule has 3 rings (SSSR count). The zero-order valence-electron chi connectivity index (χ0n) is 12.3. The topological polar surface area (TPSA) is 41.9 Å². The second-order valence-electron chi connectivity index (χ2n) is 5.79. The van der Waals surface area contributed by atoms with E-state index in [1.807, 2.05) is 18.2 Å². The first-order valence-electron chi connectivity index (χ1n) is 7.38. The number of fused-ring (bicyclic) bond motifs is 1. The van der Waals surface area contributed by atoms with Crippen LogP contribution in [0, 0.1) is 0 Å². The van der Waals surface area contributed by atoms with E-state index in [0.29, 0.717) is 0 Å². The molecule has 0 radical (unpaired) electrons. The largest absolute Gasteiger partial charge is 0.497 e. The summed E-state index contributed by atoms with van der Waals surface area (Å²) in [6.45, 7) is 2.07. The van der Waals surface area contributed by atoms with Crippen LogP contribution in [0.3, 0.4) is 0 Å². The molecule has 2 aliphatic rings. The molecule has 1 aromatic rings. The van der Waals surface area contributed by atoms with Crippen LogP contribution in [0.2, 0.25) is 0 Å². The second-order valence-corrected chi connectivity index (χ2v) is 5.79. The molecule has 0 saturated carbocycles. The fraction of sp³-hybridized carbons (Fsp3) is 0.625. The number of methoxy groups -OCH3 is 2. The molecular formula is C16H23NO3. The summed E-state index contributed by atoms with van der Waals surface area (Å²) in [5.41, 5.74) is 0.105. The molecule has 2 unspecified atom stereocenters. The predicted octanol–water partition coefficient (Wildman–Crippen LogP) is 2.15. The van der Waals surface area contributed by atoms with Crippen LogP contribution in [-0.4, -0.2) is 43.4 Å². The summed E-state index contributed by atoms with van der Waals surface area (Å²) in [6.07, 6.45) is 4.28. The van der Waals surface area contributed by atoms with E-state index in [2.05, 4.69) is 4.90 Å². The minimum absolute atomic E-state index is 0.221. The van der Waals surface area contributed by atoms with E-state index in [9.17, 15) is 5.11 Å². The molecule has 0 spiro atoms. The van der Waals surface area contributed by atoms with Crippen LogP contribution in [0.25, 0.3) is 0 Å². The molecule has 0 bridgehead atoms. The molecule has 2 fully saturated rings. The molecule has 20 heavy (non-hydrogen) atoms. The summed E-state index contributed by atoms with van der Waals surface area (Å²) in [5.74, 6) is 1.48. The molecule has 2 heterocycles. The third-order valence-corrected chi connectivity index (χ3v) is 4.82. The average molecular weight is 277 g/mol. The smallest absolute Gasteiger partial charge is 0.128 e. The molecular weight excluding hydrogens is 254 g/mol. The van der Waals surface area contributed by atoms with Gasteiger partial charge in [0.25, 0.3) is 0 Å². The van der Waals surface area contributed by atoms with Gasteiger partial charge in [-0.25, -0.2) is 0 Å². The van der Waals surface area contributed by atoms with Gasteiger partial charge < -0.3 is 14.6 Å². The van der Waals surface area contributed by atoms with Gasteiger partial charge in [-0.15, -0.1) is 0 Å². The maximum atomic E-state index is 11.3. The number of benzene rings is 1.